The highest BCUT2D eigenvalue weighted by Crippen LogP contribution is 2.38. The van der Waals surface area contributed by atoms with E-state index in [2.05, 4.69) is 45.3 Å². The van der Waals surface area contributed by atoms with E-state index in [-0.39, 0.29) is 82.5 Å². The third-order valence-electron chi connectivity index (χ3n) is 11.2. The quantitative estimate of drug-likeness (QED) is 0.0107. The van der Waals surface area contributed by atoms with Gasteiger partial charge in [0.1, 0.15) is 33.8 Å². The number of halogens is 7. The summed E-state index contributed by atoms with van der Waals surface area (Å²) in [4.78, 5) is 98.4. The molecule has 97 heavy (non-hydrogen) atoms. The van der Waals surface area contributed by atoms with E-state index in [4.69, 9.17) is 51.0 Å². The van der Waals surface area contributed by atoms with Crippen molar-refractivity contribution in [1.29, 1.82) is 0 Å². The average molecular weight is 1480 g/mol. The largest absolute Gasteiger partial charge is 0.481 e. The number of esters is 2. The fraction of sp³-hybridized carbons (Fsp3) is 0.327. The fourth-order valence-corrected chi connectivity index (χ4v) is 11.5. The Morgan fingerprint density at radius 1 is 0.773 bits per heavy atom. The van der Waals surface area contributed by atoms with Crippen LogP contribution in [0.2, 0.25) is 5.02 Å². The van der Waals surface area contributed by atoms with Gasteiger partial charge in [-0.1, -0.05) is 36.7 Å². The molecule has 6 rings (SSSR count). The van der Waals surface area contributed by atoms with E-state index < -0.39 is 142 Å². The first-order chi connectivity index (χ1) is 45.0. The van der Waals surface area contributed by atoms with Gasteiger partial charge in [0.25, 0.3) is 25.7 Å². The highest BCUT2D eigenvalue weighted by Gasteiger charge is 2.33. The number of benzene rings is 3. The molecular formula is C52H58ClF6N12O22PS3. The van der Waals surface area contributed by atoms with Gasteiger partial charge in [0.15, 0.2) is 28.8 Å². The van der Waals surface area contributed by atoms with E-state index in [1.54, 1.807) is 9.44 Å². The van der Waals surface area contributed by atoms with Crippen LogP contribution < -0.4 is 44.8 Å². The number of carbonyl (C=O) groups is 5. The topological polar surface area (TPSA) is 495 Å². The van der Waals surface area contributed by atoms with Gasteiger partial charge in [0.2, 0.25) is 23.7 Å². The minimum Gasteiger partial charge on any atom is -0.481 e. The molecule has 3 heterocycles. The number of carbonyl (C=O) groups excluding carboxylic acids is 4. The Labute approximate surface area is 551 Å². The van der Waals surface area contributed by atoms with Crippen molar-refractivity contribution in [2.45, 2.75) is 73.2 Å². The minimum absolute atomic E-state index is 0.0412. The number of aromatic nitrogens is 6. The van der Waals surface area contributed by atoms with Crippen LogP contribution in [0, 0.1) is 17.0 Å². The van der Waals surface area contributed by atoms with Gasteiger partial charge >= 0.3 is 48.3 Å². The summed E-state index contributed by atoms with van der Waals surface area (Å²) in [7, 11) is -12.1. The summed E-state index contributed by atoms with van der Waals surface area (Å²) in [5, 5.41) is 22.5. The van der Waals surface area contributed by atoms with Crippen LogP contribution in [-0.2, 0) is 66.1 Å². The monoisotopic (exact) mass is 1480 g/mol. The molecule has 3 aromatic carbocycles. The van der Waals surface area contributed by atoms with E-state index in [1.807, 2.05) is 0 Å². The van der Waals surface area contributed by atoms with Crippen LogP contribution in [0.1, 0.15) is 54.0 Å². The number of ether oxygens (including phenoxy) is 6. The number of methoxy groups -OCH3 is 3. The summed E-state index contributed by atoms with van der Waals surface area (Å²) in [5.74, 6) is -4.07. The number of hydrogen-bond donors (Lipinski definition) is 7. The van der Waals surface area contributed by atoms with Crippen LogP contribution >= 0.6 is 19.0 Å². The lowest BCUT2D eigenvalue weighted by molar-refractivity contribution is -0.385. The number of carboxylic acids is 1. The summed E-state index contributed by atoms with van der Waals surface area (Å²) >= 11 is 5.81. The number of nitrogens with two attached hydrogens (primary N) is 1. The molecule has 0 saturated carbocycles. The molecule has 4 amide bonds. The molecular weight excluding hydrogens is 1420 g/mol. The Kier molecular flexibility index (Phi) is 30.2. The van der Waals surface area contributed by atoms with Crippen molar-refractivity contribution in [3.8, 4) is 29.3 Å². The van der Waals surface area contributed by atoms with Gasteiger partial charge in [-0.2, -0.15) is 59.7 Å². The number of nitro benzene ring substituents is 1. The molecule has 0 spiro atoms. The minimum atomic E-state index is -4.61. The molecule has 3 aromatic heterocycles. The number of alkyl halides is 6. The number of anilines is 2. The Hall–Kier alpha value is -9.68. The number of nitrogens with zero attached hydrogens (tertiary/aromatic N) is 7. The Morgan fingerprint density at radius 2 is 1.36 bits per heavy atom. The van der Waals surface area contributed by atoms with Crippen molar-refractivity contribution in [3.63, 3.8) is 0 Å². The van der Waals surface area contributed by atoms with Crippen LogP contribution in [0.15, 0.2) is 99.9 Å². The van der Waals surface area contributed by atoms with Crippen LogP contribution in [0.3, 0.4) is 0 Å². The lowest BCUT2D eigenvalue weighted by Gasteiger charge is -2.13. The molecule has 530 valence electrons. The lowest BCUT2D eigenvalue weighted by Crippen LogP contribution is -2.36. The molecule has 2 atom stereocenters. The molecule has 0 radical (unpaired) electrons. The van der Waals surface area contributed by atoms with Gasteiger partial charge in [-0.25, -0.2) is 50.4 Å². The number of sulfone groups is 1. The van der Waals surface area contributed by atoms with Gasteiger partial charge in [-0.15, -0.1) is 0 Å². The van der Waals surface area contributed by atoms with Gasteiger partial charge in [-0.05, 0) is 74.7 Å². The number of hydrogen-bond acceptors (Lipinski definition) is 27. The molecule has 0 fully saturated rings. The first-order valence-electron chi connectivity index (χ1n) is 26.7. The van der Waals surface area contributed by atoms with Crippen molar-refractivity contribution in [2.24, 2.45) is 5.73 Å². The fourth-order valence-electron chi connectivity index (χ4n) is 6.79. The number of pyridine rings is 1. The van der Waals surface area contributed by atoms with Gasteiger partial charge in [-0.3, -0.25) is 30.1 Å². The number of carboxylic acid groups (broad SMARTS) is 1. The van der Waals surface area contributed by atoms with Crippen molar-refractivity contribution in [1.82, 2.24) is 39.3 Å². The van der Waals surface area contributed by atoms with E-state index in [9.17, 15) is 90.2 Å². The maximum Gasteiger partial charge on any atom is 0.416 e. The Balaban J connectivity index is 0.000000351. The third kappa shape index (κ3) is 27.5. The zero-order chi connectivity index (χ0) is 73.4. The zero-order valence-corrected chi connectivity index (χ0v) is 55.3. The second-order valence-electron chi connectivity index (χ2n) is 18.6. The summed E-state index contributed by atoms with van der Waals surface area (Å²) < 4.78 is 193. The molecule has 6 aromatic rings. The van der Waals surface area contributed by atoms with Crippen molar-refractivity contribution >= 4 is 96.4 Å². The SMILES string of the molecule is CCOC(=O)COC(=O)c1cc(Oc2ccc(C(F)(F)F)cc2Cl)ccc1[N+](=O)[O-].CCS(=O)(=O)c1cccnc1S(=O)(=O)NC(=O)Nc1nc(OC)cc(OC)n1.COc1nc(C)nc(NC(=O)NS(=O)(=O)c2ccccc2CCC(F)(F)F)n1.CP(=O)(O)CCC(N)C(=O)O. The lowest BCUT2D eigenvalue weighted by atomic mass is 10.1. The number of rotatable bonds is 24. The molecule has 34 nitrogen and oxygen atoms in total. The van der Waals surface area contributed by atoms with Crippen LogP contribution in [-0.4, -0.2) is 165 Å². The van der Waals surface area contributed by atoms with Crippen molar-refractivity contribution in [3.05, 3.63) is 123 Å². The summed E-state index contributed by atoms with van der Waals surface area (Å²) in [6.45, 7) is 4.86. The molecule has 2 unspecified atom stereocenters. The number of aliphatic carboxylic acids is 1. The zero-order valence-electron chi connectivity index (χ0n) is 51.2. The third-order valence-corrected chi connectivity index (χ3v) is 17.2. The van der Waals surface area contributed by atoms with Crippen LogP contribution in [0.5, 0.6) is 29.3 Å². The highest BCUT2D eigenvalue weighted by molar-refractivity contribution is 7.93. The van der Waals surface area contributed by atoms with Gasteiger partial charge < -0.3 is 44.2 Å². The summed E-state index contributed by atoms with van der Waals surface area (Å²) in [6.07, 6.45) is -9.71. The normalized spacial score (nSPS) is 12.2. The maximum atomic E-state index is 12.7. The standard InChI is InChI=1S/C18H13ClF3NO7.C15H16F3N5O4S.C14H17N5O7S2.C5H12NO4P/c1-2-28-16(24)9-29-17(25)12-8-11(4-5-14(12)23(26)27)30-15-6-3-10(7-13(15)19)18(20,21)22;1-9-19-12(22-14(20-9)27-2)21-13(24)23-28(25,26)11-6-4-3-5-10(11)7-8-15(16,17)18;1-4-27(21,22)9-6-5-7-15-12(9)28(23,24)19-14(20)18-13-16-10(25-2)8-11(17-13)26-3;1-11(9,10)3-2-4(6)5(7)8/h3-8H,2,9H2,1H3;3-6H,7-8H2,1-2H3,(H2,19,20,21,22,23,24);5-8H,4H2,1-3H3,(H2,16,17,18,19,20);4H,2-3,6H2,1H3,(H,7,8)(H,9,10). The molecule has 0 saturated heterocycles. The highest BCUT2D eigenvalue weighted by atomic mass is 35.5. The predicted octanol–water partition coefficient (Wildman–Crippen LogP) is 6.85. The summed E-state index contributed by atoms with van der Waals surface area (Å²) in [6, 6.07) is 10.6. The molecule has 0 aliphatic rings. The van der Waals surface area contributed by atoms with Gasteiger partial charge in [0.05, 0.1) is 60.2 Å². The Morgan fingerprint density at radius 3 is 1.89 bits per heavy atom. The molecule has 45 heteroatoms. The number of amides is 4. The van der Waals surface area contributed by atoms with E-state index in [1.165, 1.54) is 79.1 Å². The predicted molar refractivity (Wildman–Crippen MR) is 325 cm³/mol. The van der Waals surface area contributed by atoms with Gasteiger partial charge in [0, 0.05) is 37.6 Å². The van der Waals surface area contributed by atoms with Crippen LogP contribution in [0.4, 0.5) is 53.5 Å². The molecule has 0 aliphatic carbocycles. The maximum absolute atomic E-state index is 12.7. The summed E-state index contributed by atoms with van der Waals surface area (Å²) in [5.41, 5.74) is 2.86. The van der Waals surface area contributed by atoms with E-state index in [0.717, 1.165) is 48.7 Å². The number of sulfonamides is 2. The number of aryl methyl sites for hydroxylation is 2. The number of nitrogens with one attached hydrogen (secondary N) is 4. The first kappa shape index (κ1) is 81.6. The second-order valence-corrected chi connectivity index (χ2v) is 27.0. The van der Waals surface area contributed by atoms with Crippen LogP contribution in [0.25, 0.3) is 0 Å². The molecule has 0 aliphatic heterocycles. The number of urea groups is 2. The van der Waals surface area contributed by atoms with E-state index in [0.29, 0.717) is 6.07 Å². The Bertz CT molecular complexity index is 4200. The first-order valence-corrected chi connectivity index (χ1v) is 33.9. The smallest absolute Gasteiger partial charge is 0.416 e. The number of nitro groups is 1. The molecule has 0 bridgehead atoms. The van der Waals surface area contributed by atoms with E-state index >= 15 is 0 Å². The average Bonchev–Trinajstić information content (AvgIpc) is 0.810. The second kappa shape index (κ2) is 35.9. The van der Waals surface area contributed by atoms with Crippen molar-refractivity contribution in [2.75, 3.05) is 63.8 Å². The molecule has 8 N–H and O–H groups in total. The van der Waals surface area contributed by atoms with Crippen molar-refractivity contribution < 1.29 is 123 Å².